The van der Waals surface area contributed by atoms with E-state index < -0.39 is 34.3 Å². The van der Waals surface area contributed by atoms with E-state index in [2.05, 4.69) is 12.2 Å². The largest absolute Gasteiger partial charge is 0.481 e. The summed E-state index contributed by atoms with van der Waals surface area (Å²) in [7, 11) is 0. The van der Waals surface area contributed by atoms with Gasteiger partial charge in [0.15, 0.2) is 5.92 Å². The minimum Gasteiger partial charge on any atom is -0.481 e. The highest BCUT2D eigenvalue weighted by molar-refractivity contribution is 5.95. The summed E-state index contributed by atoms with van der Waals surface area (Å²) < 4.78 is 5.73. The number of carboxylic acid groups (broad SMARTS) is 1. The molecule has 2 N–H and O–H groups in total. The number of carbonyl (C=O) groups is 2. The Bertz CT molecular complexity index is 564. The van der Waals surface area contributed by atoms with Crippen molar-refractivity contribution in [2.24, 2.45) is 28.6 Å². The Morgan fingerprint density at radius 2 is 1.50 bits per heavy atom. The molecule has 3 aliphatic carbocycles. The maximum Gasteiger partial charge on any atom is 0.323 e. The molecule has 4 atom stereocenters. The Kier molecular flexibility index (Phi) is 5.63. The molecule has 0 radical (unpaired) electrons. The molecule has 0 spiro atoms. The van der Waals surface area contributed by atoms with E-state index in [0.29, 0.717) is 5.92 Å². The van der Waals surface area contributed by atoms with Gasteiger partial charge in [0.25, 0.3) is 0 Å². The number of hydrogen-bond donors (Lipinski definition) is 2. The van der Waals surface area contributed by atoms with Crippen molar-refractivity contribution in [3.63, 3.8) is 0 Å². The molecule has 0 aliphatic heterocycles. The molecule has 1 saturated carbocycles. The summed E-state index contributed by atoms with van der Waals surface area (Å²) in [4.78, 5) is 25.1. The molecule has 3 aliphatic rings. The van der Waals surface area contributed by atoms with Crippen LogP contribution < -0.4 is 0 Å². The standard InChI is InChI=1S/C21H34O5/c1-19(2,3)21(25,20(4,5)6)16(17(22)23)18(24)26-15-12-9-13-7-10-14(15)11-8-13/h7,10,13-16,25H,8-9,11-12H2,1-6H3,(H,22,23). The first kappa shape index (κ1) is 20.9. The highest BCUT2D eigenvalue weighted by atomic mass is 16.5. The molecule has 148 valence electrons. The van der Waals surface area contributed by atoms with Crippen molar-refractivity contribution in [1.29, 1.82) is 0 Å². The van der Waals surface area contributed by atoms with Gasteiger partial charge in [0.05, 0.1) is 5.60 Å². The Labute approximate surface area is 156 Å². The number of hydrogen-bond acceptors (Lipinski definition) is 4. The molecule has 5 nitrogen and oxygen atoms in total. The first-order chi connectivity index (χ1) is 11.8. The lowest BCUT2D eigenvalue weighted by atomic mass is 9.57. The molecular formula is C21H34O5. The van der Waals surface area contributed by atoms with Crippen LogP contribution >= 0.6 is 0 Å². The van der Waals surface area contributed by atoms with Crippen LogP contribution in [0, 0.1) is 28.6 Å². The fraction of sp³-hybridized carbons (Fsp3) is 0.810. The molecule has 26 heavy (non-hydrogen) atoms. The summed E-state index contributed by atoms with van der Waals surface area (Å²) in [6.07, 6.45) is 7.73. The second-order valence-electron chi connectivity index (χ2n) is 9.98. The first-order valence-corrected chi connectivity index (χ1v) is 9.63. The van der Waals surface area contributed by atoms with Gasteiger partial charge in [-0.1, -0.05) is 53.7 Å². The van der Waals surface area contributed by atoms with E-state index in [4.69, 9.17) is 4.74 Å². The zero-order valence-electron chi connectivity index (χ0n) is 16.9. The quantitative estimate of drug-likeness (QED) is 0.449. The highest BCUT2D eigenvalue weighted by Crippen LogP contribution is 2.49. The predicted octanol–water partition coefficient (Wildman–Crippen LogP) is 3.80. The Hall–Kier alpha value is -1.36. The molecule has 4 unspecified atom stereocenters. The van der Waals surface area contributed by atoms with Crippen LogP contribution in [0.25, 0.3) is 0 Å². The van der Waals surface area contributed by atoms with Crippen LogP contribution in [0.4, 0.5) is 0 Å². The van der Waals surface area contributed by atoms with Gasteiger partial charge in [-0.15, -0.1) is 0 Å². The van der Waals surface area contributed by atoms with Gasteiger partial charge in [0.1, 0.15) is 6.10 Å². The molecule has 0 aromatic rings. The van der Waals surface area contributed by atoms with Crippen LogP contribution in [0.3, 0.4) is 0 Å². The number of aliphatic hydroxyl groups is 1. The maximum absolute atomic E-state index is 13.0. The van der Waals surface area contributed by atoms with E-state index >= 15 is 0 Å². The topological polar surface area (TPSA) is 83.8 Å². The summed E-state index contributed by atoms with van der Waals surface area (Å²) in [5.74, 6) is -3.12. The van der Waals surface area contributed by atoms with E-state index in [9.17, 15) is 19.8 Å². The predicted molar refractivity (Wildman–Crippen MR) is 99.5 cm³/mol. The van der Waals surface area contributed by atoms with Gasteiger partial charge in [-0.2, -0.15) is 0 Å². The molecule has 3 rings (SSSR count). The minimum absolute atomic E-state index is 0.143. The first-order valence-electron chi connectivity index (χ1n) is 9.63. The average molecular weight is 366 g/mol. The van der Waals surface area contributed by atoms with Crippen LogP contribution in [0.5, 0.6) is 0 Å². The van der Waals surface area contributed by atoms with Gasteiger partial charge in [-0.25, -0.2) is 0 Å². The van der Waals surface area contributed by atoms with Crippen molar-refractivity contribution < 1.29 is 24.5 Å². The molecule has 0 aromatic heterocycles. The van der Waals surface area contributed by atoms with Crippen LogP contribution in [0.2, 0.25) is 0 Å². The minimum atomic E-state index is -1.76. The third-order valence-corrected chi connectivity index (χ3v) is 6.26. The van der Waals surface area contributed by atoms with Gasteiger partial charge in [0.2, 0.25) is 0 Å². The van der Waals surface area contributed by atoms with Crippen molar-refractivity contribution in [2.75, 3.05) is 0 Å². The second kappa shape index (κ2) is 6.99. The van der Waals surface area contributed by atoms with Crippen LogP contribution in [0.15, 0.2) is 12.2 Å². The van der Waals surface area contributed by atoms with E-state index in [1.54, 1.807) is 41.5 Å². The Morgan fingerprint density at radius 3 is 1.92 bits per heavy atom. The van der Waals surface area contributed by atoms with Crippen molar-refractivity contribution in [3.05, 3.63) is 12.2 Å². The fourth-order valence-electron chi connectivity index (χ4n) is 4.85. The number of carbonyl (C=O) groups excluding carboxylic acids is 1. The van der Waals surface area contributed by atoms with Crippen molar-refractivity contribution in [1.82, 2.24) is 0 Å². The Balaban J connectivity index is 2.32. The number of ether oxygens (including phenoxy) is 1. The van der Waals surface area contributed by atoms with E-state index in [0.717, 1.165) is 25.7 Å². The van der Waals surface area contributed by atoms with Crippen molar-refractivity contribution in [3.8, 4) is 0 Å². The number of aliphatic carboxylic acids is 1. The molecule has 1 fully saturated rings. The number of esters is 1. The van der Waals surface area contributed by atoms with Crippen LogP contribution in [-0.4, -0.2) is 33.9 Å². The monoisotopic (exact) mass is 366 g/mol. The Morgan fingerprint density at radius 1 is 0.962 bits per heavy atom. The average Bonchev–Trinajstić information content (AvgIpc) is 2.78. The smallest absolute Gasteiger partial charge is 0.323 e. The summed E-state index contributed by atoms with van der Waals surface area (Å²) in [6, 6.07) is 0. The fourth-order valence-corrected chi connectivity index (χ4v) is 4.85. The number of carboxylic acids is 1. The number of rotatable bonds is 4. The maximum atomic E-state index is 13.0. The SMILES string of the molecule is CC(C)(C)C(O)(C(C(=O)O)C(=O)OC1CCC2C=CC1CC2)C(C)(C)C. The van der Waals surface area contributed by atoms with E-state index in [-0.39, 0.29) is 12.0 Å². The molecule has 0 amide bonds. The zero-order valence-corrected chi connectivity index (χ0v) is 16.9. The molecule has 0 heterocycles. The number of fused-ring (bicyclic) bond motifs is 3. The highest BCUT2D eigenvalue weighted by Gasteiger charge is 2.61. The normalized spacial score (nSPS) is 27.7. The molecule has 5 heteroatoms. The lowest BCUT2D eigenvalue weighted by Crippen LogP contribution is -2.63. The van der Waals surface area contributed by atoms with Gasteiger partial charge in [-0.3, -0.25) is 9.59 Å². The summed E-state index contributed by atoms with van der Waals surface area (Å²) >= 11 is 0. The summed E-state index contributed by atoms with van der Waals surface area (Å²) in [6.45, 7) is 10.6. The third-order valence-electron chi connectivity index (χ3n) is 6.26. The molecule has 0 saturated heterocycles. The molecule has 0 aromatic carbocycles. The van der Waals surface area contributed by atoms with Crippen LogP contribution in [0.1, 0.15) is 67.2 Å². The van der Waals surface area contributed by atoms with Gasteiger partial charge < -0.3 is 14.9 Å². The number of allylic oxidation sites excluding steroid dienone is 1. The lowest BCUT2D eigenvalue weighted by molar-refractivity contribution is -0.209. The zero-order chi connectivity index (χ0) is 19.9. The van der Waals surface area contributed by atoms with E-state index in [1.807, 2.05) is 0 Å². The van der Waals surface area contributed by atoms with Crippen LogP contribution in [-0.2, 0) is 14.3 Å². The third kappa shape index (κ3) is 3.68. The van der Waals surface area contributed by atoms with Gasteiger partial charge in [-0.05, 0) is 42.4 Å². The summed E-state index contributed by atoms with van der Waals surface area (Å²) in [5, 5.41) is 21.4. The van der Waals surface area contributed by atoms with E-state index in [1.165, 1.54) is 0 Å². The summed E-state index contributed by atoms with van der Waals surface area (Å²) in [5.41, 5.74) is -3.41. The van der Waals surface area contributed by atoms with Crippen molar-refractivity contribution >= 4 is 11.9 Å². The van der Waals surface area contributed by atoms with Gasteiger partial charge in [0, 0.05) is 5.92 Å². The van der Waals surface area contributed by atoms with Crippen molar-refractivity contribution in [2.45, 2.75) is 78.9 Å². The van der Waals surface area contributed by atoms with Gasteiger partial charge >= 0.3 is 11.9 Å². The lowest BCUT2D eigenvalue weighted by Gasteiger charge is -2.51. The second-order valence-corrected chi connectivity index (χ2v) is 9.98. The molecular weight excluding hydrogens is 332 g/mol. The molecule has 2 bridgehead atoms.